The van der Waals surface area contributed by atoms with Gasteiger partial charge in [0.15, 0.2) is 5.13 Å². The number of amides is 1. The summed E-state index contributed by atoms with van der Waals surface area (Å²) in [5, 5.41) is 0.908. The van der Waals surface area contributed by atoms with Gasteiger partial charge >= 0.3 is 0 Å². The lowest BCUT2D eigenvalue weighted by Gasteiger charge is -2.38. The molecule has 2 aliphatic rings. The minimum Gasteiger partial charge on any atom is -0.494 e. The molecule has 8 nitrogen and oxygen atoms in total. The quantitative estimate of drug-likeness (QED) is 0.516. The van der Waals surface area contributed by atoms with Gasteiger partial charge in [-0.25, -0.2) is 17.8 Å². The Hall–Kier alpha value is -2.76. The van der Waals surface area contributed by atoms with Gasteiger partial charge in [-0.2, -0.15) is 4.31 Å². The summed E-state index contributed by atoms with van der Waals surface area (Å²) in [5.74, 6) is -0.122. The number of methoxy groups -OCH3 is 1. The molecule has 11 heteroatoms. The van der Waals surface area contributed by atoms with E-state index in [4.69, 9.17) is 9.72 Å². The zero-order valence-corrected chi connectivity index (χ0v) is 21.0. The van der Waals surface area contributed by atoms with Crippen LogP contribution in [0.4, 0.5) is 9.52 Å². The third-order valence-electron chi connectivity index (χ3n) is 6.64. The summed E-state index contributed by atoms with van der Waals surface area (Å²) in [4.78, 5) is 22.1. The number of piperazine rings is 1. The predicted octanol–water partition coefficient (Wildman–Crippen LogP) is 3.19. The van der Waals surface area contributed by atoms with Crippen LogP contribution in [0.5, 0.6) is 5.75 Å². The lowest BCUT2D eigenvalue weighted by atomic mass is 9.98. The van der Waals surface area contributed by atoms with E-state index in [1.165, 1.54) is 16.4 Å². The Morgan fingerprint density at radius 1 is 1.09 bits per heavy atom. The van der Waals surface area contributed by atoms with Crippen LogP contribution in [0, 0.1) is 11.7 Å². The number of hydrogen-bond donors (Lipinski definition) is 0. The highest BCUT2D eigenvalue weighted by Crippen LogP contribution is 2.34. The largest absolute Gasteiger partial charge is 0.494 e. The lowest BCUT2D eigenvalue weighted by Crippen LogP contribution is -2.53. The maximum atomic E-state index is 13.3. The van der Waals surface area contributed by atoms with E-state index in [0.29, 0.717) is 45.6 Å². The number of aromatic nitrogens is 1. The summed E-state index contributed by atoms with van der Waals surface area (Å²) in [6.45, 7) is 2.96. The Kier molecular flexibility index (Phi) is 6.65. The molecule has 0 spiro atoms. The first-order valence-electron chi connectivity index (χ1n) is 11.6. The minimum absolute atomic E-state index is 0.00498. The van der Waals surface area contributed by atoms with Crippen LogP contribution in [-0.2, 0) is 14.8 Å². The van der Waals surface area contributed by atoms with Gasteiger partial charge in [-0.15, -0.1) is 0 Å². The number of rotatable bonds is 5. The van der Waals surface area contributed by atoms with E-state index in [-0.39, 0.29) is 23.3 Å². The molecule has 0 aliphatic carbocycles. The van der Waals surface area contributed by atoms with E-state index in [2.05, 4.69) is 4.90 Å². The van der Waals surface area contributed by atoms with Crippen molar-refractivity contribution < 1.29 is 22.3 Å². The molecule has 1 amide bonds. The number of hydrogen-bond acceptors (Lipinski definition) is 7. The van der Waals surface area contributed by atoms with Crippen LogP contribution in [0.3, 0.4) is 0 Å². The van der Waals surface area contributed by atoms with Gasteiger partial charge in [-0.05, 0) is 49.2 Å². The number of sulfonamides is 1. The highest BCUT2D eigenvalue weighted by molar-refractivity contribution is 7.89. The van der Waals surface area contributed by atoms with E-state index < -0.39 is 15.8 Å². The van der Waals surface area contributed by atoms with Crippen molar-refractivity contribution in [1.82, 2.24) is 14.2 Å². The zero-order valence-electron chi connectivity index (χ0n) is 19.4. The van der Waals surface area contributed by atoms with Gasteiger partial charge in [0.1, 0.15) is 17.1 Å². The number of thiazole rings is 1. The van der Waals surface area contributed by atoms with Crippen molar-refractivity contribution in [3.8, 4) is 5.75 Å². The van der Waals surface area contributed by atoms with Gasteiger partial charge < -0.3 is 14.5 Å². The number of ether oxygens (including phenoxy) is 1. The van der Waals surface area contributed by atoms with E-state index in [1.807, 2.05) is 23.1 Å². The SMILES string of the molecule is COc1cccc2sc(N3CCN(C(=O)C4CCCN(S(=O)(=O)c5ccc(F)cc5)C4)CC3)nc12. The van der Waals surface area contributed by atoms with Crippen LogP contribution < -0.4 is 9.64 Å². The molecule has 1 unspecified atom stereocenters. The standard InChI is InChI=1S/C24H27FN4O4S2/c1-33-20-5-2-6-21-22(20)26-24(34-21)28-14-12-27(13-15-28)23(30)17-4-3-11-29(16-17)35(31,32)19-9-7-18(25)8-10-19/h2,5-10,17H,3-4,11-16H2,1H3. The summed E-state index contributed by atoms with van der Waals surface area (Å²) in [5.41, 5.74) is 0.846. The molecule has 3 aromatic rings. The molecule has 2 fully saturated rings. The van der Waals surface area contributed by atoms with Crippen molar-refractivity contribution >= 4 is 42.6 Å². The van der Waals surface area contributed by atoms with Crippen LogP contribution in [0.2, 0.25) is 0 Å². The highest BCUT2D eigenvalue weighted by Gasteiger charge is 2.36. The summed E-state index contributed by atoms with van der Waals surface area (Å²) in [6, 6.07) is 10.7. The number of para-hydroxylation sites is 1. The Bertz CT molecular complexity index is 1320. The molecule has 186 valence electrons. The van der Waals surface area contributed by atoms with Crippen molar-refractivity contribution in [2.75, 3.05) is 51.3 Å². The molecular weight excluding hydrogens is 491 g/mol. The second kappa shape index (κ2) is 9.71. The third-order valence-corrected chi connectivity index (χ3v) is 9.60. The van der Waals surface area contributed by atoms with Crippen LogP contribution >= 0.6 is 11.3 Å². The fourth-order valence-electron chi connectivity index (χ4n) is 4.71. The van der Waals surface area contributed by atoms with E-state index in [1.54, 1.807) is 18.4 Å². The van der Waals surface area contributed by atoms with Crippen LogP contribution in [0.15, 0.2) is 47.4 Å². The summed E-state index contributed by atoms with van der Waals surface area (Å²) < 4.78 is 47.1. The highest BCUT2D eigenvalue weighted by atomic mass is 32.2. The number of anilines is 1. The first kappa shape index (κ1) is 24.0. The fourth-order valence-corrected chi connectivity index (χ4v) is 7.26. The van der Waals surface area contributed by atoms with Gasteiger partial charge in [0.25, 0.3) is 0 Å². The second-order valence-electron chi connectivity index (χ2n) is 8.77. The van der Waals surface area contributed by atoms with Gasteiger partial charge in [-0.1, -0.05) is 17.4 Å². The molecule has 2 saturated heterocycles. The number of fused-ring (bicyclic) bond motifs is 1. The summed E-state index contributed by atoms with van der Waals surface area (Å²) in [6.07, 6.45) is 1.27. The monoisotopic (exact) mass is 518 g/mol. The number of nitrogens with zero attached hydrogens (tertiary/aromatic N) is 4. The second-order valence-corrected chi connectivity index (χ2v) is 11.7. The Morgan fingerprint density at radius 3 is 2.54 bits per heavy atom. The maximum absolute atomic E-state index is 13.3. The van der Waals surface area contributed by atoms with Crippen molar-refractivity contribution in [3.05, 3.63) is 48.3 Å². The van der Waals surface area contributed by atoms with Crippen LogP contribution in [0.1, 0.15) is 12.8 Å². The molecule has 2 aromatic carbocycles. The van der Waals surface area contributed by atoms with Gasteiger partial charge in [0, 0.05) is 39.3 Å². The van der Waals surface area contributed by atoms with Crippen LogP contribution in [-0.4, -0.2) is 74.9 Å². The number of halogens is 1. The summed E-state index contributed by atoms with van der Waals surface area (Å²) in [7, 11) is -2.13. The Labute approximate surface area is 208 Å². The number of carbonyl (C=O) groups excluding carboxylic acids is 1. The molecule has 0 N–H and O–H groups in total. The van der Waals surface area contributed by atoms with Crippen LogP contribution in [0.25, 0.3) is 10.2 Å². The topological polar surface area (TPSA) is 83.0 Å². The number of piperidine rings is 1. The summed E-state index contributed by atoms with van der Waals surface area (Å²) >= 11 is 1.61. The fraction of sp³-hybridized carbons (Fsp3) is 0.417. The van der Waals surface area contributed by atoms with Gasteiger partial charge in [-0.3, -0.25) is 4.79 Å². The lowest BCUT2D eigenvalue weighted by molar-refractivity contribution is -0.137. The molecule has 1 atom stereocenters. The normalized spacial score (nSPS) is 19.8. The third kappa shape index (κ3) is 4.72. The van der Waals surface area contributed by atoms with Crippen molar-refractivity contribution in [1.29, 1.82) is 0 Å². The first-order valence-corrected chi connectivity index (χ1v) is 13.9. The van der Waals surface area contributed by atoms with E-state index in [9.17, 15) is 17.6 Å². The average Bonchev–Trinajstić information content (AvgIpc) is 3.33. The molecular formula is C24H27FN4O4S2. The maximum Gasteiger partial charge on any atom is 0.243 e. The Morgan fingerprint density at radius 2 is 1.83 bits per heavy atom. The molecule has 0 saturated carbocycles. The molecule has 0 bridgehead atoms. The number of benzene rings is 2. The van der Waals surface area contributed by atoms with Crippen molar-refractivity contribution in [3.63, 3.8) is 0 Å². The van der Waals surface area contributed by atoms with Crippen molar-refractivity contribution in [2.45, 2.75) is 17.7 Å². The zero-order chi connectivity index (χ0) is 24.6. The minimum atomic E-state index is -3.77. The Balaban J connectivity index is 1.22. The van der Waals surface area contributed by atoms with E-state index in [0.717, 1.165) is 33.2 Å². The van der Waals surface area contributed by atoms with Crippen molar-refractivity contribution in [2.24, 2.45) is 5.92 Å². The smallest absolute Gasteiger partial charge is 0.243 e. The molecule has 1 aromatic heterocycles. The number of carbonyl (C=O) groups is 1. The predicted molar refractivity (Wildman–Crippen MR) is 133 cm³/mol. The molecule has 3 heterocycles. The first-order chi connectivity index (χ1) is 16.9. The molecule has 2 aliphatic heterocycles. The van der Waals surface area contributed by atoms with E-state index >= 15 is 0 Å². The van der Waals surface area contributed by atoms with Gasteiger partial charge in [0.05, 0.1) is 22.6 Å². The molecule has 5 rings (SSSR count). The average molecular weight is 519 g/mol. The molecule has 0 radical (unpaired) electrons. The van der Waals surface area contributed by atoms with Gasteiger partial charge in [0.2, 0.25) is 15.9 Å². The molecule has 35 heavy (non-hydrogen) atoms.